The lowest BCUT2D eigenvalue weighted by Gasteiger charge is -2.20. The van der Waals surface area contributed by atoms with Crippen molar-refractivity contribution in [2.75, 3.05) is 24.9 Å². The number of benzene rings is 1. The first-order valence-corrected chi connectivity index (χ1v) is 15.4. The van der Waals surface area contributed by atoms with Crippen LogP contribution in [0.15, 0.2) is 54.6 Å². The molecule has 4 atom stereocenters. The zero-order valence-corrected chi connectivity index (χ0v) is 23.7. The molecule has 1 aromatic carbocycles. The van der Waals surface area contributed by atoms with Gasteiger partial charge in [0.2, 0.25) is 5.91 Å². The average molecular weight is 555 g/mol. The molecule has 1 rings (SSSR count). The number of aliphatic carboxylic acids is 1. The number of carboxylic acids is 1. The van der Waals surface area contributed by atoms with Gasteiger partial charge < -0.3 is 20.9 Å². The van der Waals surface area contributed by atoms with E-state index in [1.54, 1.807) is 11.8 Å². The molecule has 0 spiro atoms. The fraction of sp³-hybridized carbons (Fsp3) is 0.500. The van der Waals surface area contributed by atoms with Gasteiger partial charge in [-0.25, -0.2) is 9.59 Å². The van der Waals surface area contributed by atoms with Crippen molar-refractivity contribution in [2.45, 2.75) is 38.8 Å². The summed E-state index contributed by atoms with van der Waals surface area (Å²) in [5.41, 5.74) is 7.16. The second-order valence-corrected chi connectivity index (χ2v) is 11.8. The summed E-state index contributed by atoms with van der Waals surface area (Å²) >= 11 is 1.55. The quantitative estimate of drug-likeness (QED) is 0.147. The van der Waals surface area contributed by atoms with Crippen LogP contribution < -0.4 is 11.1 Å². The molecule has 0 saturated heterocycles. The Kier molecular flexibility index (Phi) is 16.4. The van der Waals surface area contributed by atoms with E-state index >= 15 is 0 Å². The van der Waals surface area contributed by atoms with E-state index in [2.05, 4.69) is 23.9 Å². The molecule has 0 radical (unpaired) electrons. The van der Waals surface area contributed by atoms with Gasteiger partial charge in [0, 0.05) is 22.6 Å². The Balaban J connectivity index is 2.97. The number of thioether (sulfide) groups is 1. The molecule has 0 aromatic heterocycles. The monoisotopic (exact) mass is 554 g/mol. The molecule has 1 amide bonds. The van der Waals surface area contributed by atoms with Gasteiger partial charge in [-0.2, -0.15) is 11.8 Å². The Labute approximate surface area is 226 Å². The molecule has 0 saturated carbocycles. The van der Waals surface area contributed by atoms with Crippen molar-refractivity contribution >= 4 is 50.5 Å². The summed E-state index contributed by atoms with van der Waals surface area (Å²) in [6.07, 6.45) is 10.5. The molecule has 0 fully saturated rings. The molecule has 36 heavy (non-hydrogen) atoms. The van der Waals surface area contributed by atoms with Gasteiger partial charge in [0.05, 0.1) is 13.0 Å². The predicted molar refractivity (Wildman–Crippen MR) is 153 cm³/mol. The average Bonchev–Trinajstić information content (AvgIpc) is 2.85. The van der Waals surface area contributed by atoms with Crippen LogP contribution in [0.25, 0.3) is 0 Å². The topological polar surface area (TPSA) is 119 Å². The van der Waals surface area contributed by atoms with Crippen LogP contribution >= 0.6 is 33.3 Å². The SMILES string of the molecule is COC(=O)SSC[C@H](N)/C=C/[C@@H](/C=C/[C@H](Cc1ccccc1)C(=O)N[C@@H](CCSC)C(=O)O)C(C)C. The Hall–Kier alpha value is -1.88. The number of allylic oxidation sites excluding steroid dienone is 2. The van der Waals surface area contributed by atoms with Crippen LogP contribution in [0.3, 0.4) is 0 Å². The van der Waals surface area contributed by atoms with E-state index in [1.165, 1.54) is 17.9 Å². The summed E-state index contributed by atoms with van der Waals surface area (Å²) in [4.78, 5) is 36.0. The first kappa shape index (κ1) is 32.1. The van der Waals surface area contributed by atoms with Crippen LogP contribution in [0.2, 0.25) is 0 Å². The largest absolute Gasteiger partial charge is 0.480 e. The highest BCUT2D eigenvalue weighted by atomic mass is 33.1. The predicted octanol–water partition coefficient (Wildman–Crippen LogP) is 5.03. The highest BCUT2D eigenvalue weighted by Crippen LogP contribution is 2.24. The number of nitrogens with one attached hydrogen (secondary N) is 1. The van der Waals surface area contributed by atoms with Gasteiger partial charge in [0.1, 0.15) is 6.04 Å². The van der Waals surface area contributed by atoms with Crippen molar-refractivity contribution in [3.8, 4) is 0 Å². The van der Waals surface area contributed by atoms with Gasteiger partial charge in [-0.15, -0.1) is 0 Å². The lowest BCUT2D eigenvalue weighted by molar-refractivity contribution is -0.142. The highest BCUT2D eigenvalue weighted by Gasteiger charge is 2.24. The molecule has 0 unspecified atom stereocenters. The van der Waals surface area contributed by atoms with Crippen LogP contribution in [0, 0.1) is 17.8 Å². The second kappa shape index (κ2) is 18.4. The molecule has 7 nitrogen and oxygen atoms in total. The maximum Gasteiger partial charge on any atom is 0.377 e. The molecular weight excluding hydrogens is 516 g/mol. The minimum atomic E-state index is -1.03. The first-order chi connectivity index (χ1) is 17.2. The van der Waals surface area contributed by atoms with E-state index < -0.39 is 17.9 Å². The van der Waals surface area contributed by atoms with E-state index in [0.29, 0.717) is 24.3 Å². The Bertz CT molecular complexity index is 864. The Morgan fingerprint density at radius 3 is 2.36 bits per heavy atom. The standard InChI is InChI=1S/C26H38N2O5S3/c1-18(2)20(12-13-22(27)17-35-36-26(32)33-3)10-11-21(16-19-8-6-5-7-9-19)24(29)28-23(25(30)31)14-15-34-4/h5-13,18,20-23H,14-17,27H2,1-4H3,(H,28,29)(H,30,31)/b11-10+,13-12+/t20-,21-,22-,23+/m1/s1. The minimum absolute atomic E-state index is 0.0344. The Morgan fingerprint density at radius 1 is 1.11 bits per heavy atom. The number of hydrogen-bond donors (Lipinski definition) is 3. The smallest absolute Gasteiger partial charge is 0.377 e. The van der Waals surface area contributed by atoms with E-state index in [-0.39, 0.29) is 29.1 Å². The van der Waals surface area contributed by atoms with Crippen molar-refractivity contribution in [3.05, 3.63) is 60.2 Å². The third kappa shape index (κ3) is 13.4. The second-order valence-electron chi connectivity index (χ2n) is 8.55. The maximum absolute atomic E-state index is 13.2. The number of nitrogens with two attached hydrogens (primary N) is 1. The minimum Gasteiger partial charge on any atom is -0.480 e. The molecule has 0 heterocycles. The van der Waals surface area contributed by atoms with Crippen LogP contribution in [0.1, 0.15) is 25.8 Å². The molecule has 0 aliphatic rings. The van der Waals surface area contributed by atoms with Crippen molar-refractivity contribution < 1.29 is 24.2 Å². The van der Waals surface area contributed by atoms with Gasteiger partial charge in [-0.3, -0.25) is 4.79 Å². The summed E-state index contributed by atoms with van der Waals surface area (Å²) in [6.45, 7) is 4.17. The van der Waals surface area contributed by atoms with Gasteiger partial charge in [0.15, 0.2) is 0 Å². The fourth-order valence-electron chi connectivity index (χ4n) is 3.18. The normalized spacial score (nSPS) is 15.1. The lowest BCUT2D eigenvalue weighted by atomic mass is 9.91. The lowest BCUT2D eigenvalue weighted by Crippen LogP contribution is -2.44. The molecule has 0 bridgehead atoms. The first-order valence-electron chi connectivity index (χ1n) is 11.7. The number of amides is 1. The third-order valence-electron chi connectivity index (χ3n) is 5.33. The summed E-state index contributed by atoms with van der Waals surface area (Å²) in [6, 6.07) is 8.52. The van der Waals surface area contributed by atoms with Gasteiger partial charge in [-0.05, 0) is 42.2 Å². The summed E-state index contributed by atoms with van der Waals surface area (Å²) in [5, 5.41) is 11.9. The summed E-state index contributed by atoms with van der Waals surface area (Å²) in [7, 11) is 3.69. The highest BCUT2D eigenvalue weighted by molar-refractivity contribution is 8.82. The third-order valence-corrected chi connectivity index (χ3v) is 8.09. The molecule has 200 valence electrons. The number of carbonyl (C=O) groups is 3. The number of hydrogen-bond acceptors (Lipinski definition) is 8. The van der Waals surface area contributed by atoms with E-state index in [0.717, 1.165) is 16.4 Å². The van der Waals surface area contributed by atoms with Gasteiger partial charge in [-0.1, -0.05) is 79.3 Å². The van der Waals surface area contributed by atoms with Crippen molar-refractivity contribution in [3.63, 3.8) is 0 Å². The summed E-state index contributed by atoms with van der Waals surface area (Å²) in [5.74, 6) is -0.353. The van der Waals surface area contributed by atoms with E-state index in [4.69, 9.17) is 5.73 Å². The van der Waals surface area contributed by atoms with Crippen molar-refractivity contribution in [2.24, 2.45) is 23.5 Å². The van der Waals surface area contributed by atoms with Crippen LogP contribution in [-0.2, 0) is 20.7 Å². The zero-order valence-electron chi connectivity index (χ0n) is 21.3. The number of rotatable bonds is 16. The number of carboxylic acid groups (broad SMARTS) is 1. The van der Waals surface area contributed by atoms with Crippen molar-refractivity contribution in [1.29, 1.82) is 0 Å². The molecule has 0 aliphatic heterocycles. The Morgan fingerprint density at radius 2 is 1.78 bits per heavy atom. The van der Waals surface area contributed by atoms with Crippen LogP contribution in [0.4, 0.5) is 4.79 Å². The summed E-state index contributed by atoms with van der Waals surface area (Å²) < 4.78 is 4.60. The van der Waals surface area contributed by atoms with Crippen molar-refractivity contribution in [1.82, 2.24) is 5.32 Å². The number of carbonyl (C=O) groups excluding carboxylic acids is 2. The number of ether oxygens (including phenoxy) is 1. The molecular formula is C26H38N2O5S3. The number of methoxy groups -OCH3 is 1. The van der Waals surface area contributed by atoms with Gasteiger partial charge >= 0.3 is 11.3 Å². The van der Waals surface area contributed by atoms with Gasteiger partial charge in [0.25, 0.3) is 0 Å². The van der Waals surface area contributed by atoms with E-state index in [9.17, 15) is 19.5 Å². The van der Waals surface area contributed by atoms with Crippen LogP contribution in [0.5, 0.6) is 0 Å². The zero-order chi connectivity index (χ0) is 26.9. The fourth-order valence-corrected chi connectivity index (χ4v) is 5.32. The molecule has 10 heteroatoms. The molecule has 0 aliphatic carbocycles. The molecule has 1 aromatic rings. The molecule has 4 N–H and O–H groups in total. The van der Waals surface area contributed by atoms with Crippen LogP contribution in [-0.4, -0.2) is 59.2 Å². The maximum atomic E-state index is 13.2. The van der Waals surface area contributed by atoms with E-state index in [1.807, 2.05) is 60.9 Å².